The second-order valence-electron chi connectivity index (χ2n) is 8.10. The van der Waals surface area contributed by atoms with Crippen molar-refractivity contribution in [1.29, 1.82) is 0 Å². The average Bonchev–Trinajstić information content (AvgIpc) is 2.61. The van der Waals surface area contributed by atoms with Crippen molar-refractivity contribution in [2.24, 2.45) is 23.3 Å². The number of nitrogens with one attached hydrogen (secondary N) is 3. The van der Waals surface area contributed by atoms with E-state index in [1.807, 2.05) is 13.8 Å². The van der Waals surface area contributed by atoms with Crippen molar-refractivity contribution in [2.45, 2.75) is 78.0 Å². The van der Waals surface area contributed by atoms with Crippen LogP contribution in [-0.2, 0) is 24.0 Å². The number of aliphatic carboxylic acids is 1. The van der Waals surface area contributed by atoms with E-state index in [-0.39, 0.29) is 31.1 Å². The predicted octanol–water partition coefficient (Wildman–Crippen LogP) is -1.16. The fourth-order valence-electron chi connectivity index (χ4n) is 2.58. The van der Waals surface area contributed by atoms with Crippen molar-refractivity contribution in [3.63, 3.8) is 0 Å². The number of carboxylic acids is 1. The Morgan fingerprint density at radius 1 is 0.867 bits per heavy atom. The zero-order valence-electron chi connectivity index (χ0n) is 18.2. The van der Waals surface area contributed by atoms with Crippen molar-refractivity contribution < 1.29 is 29.1 Å². The van der Waals surface area contributed by atoms with Gasteiger partial charge in [0.2, 0.25) is 23.6 Å². The minimum atomic E-state index is -1.16. The molecule has 8 N–H and O–H groups in total. The van der Waals surface area contributed by atoms with Gasteiger partial charge in [0.15, 0.2) is 0 Å². The van der Waals surface area contributed by atoms with E-state index in [9.17, 15) is 29.1 Å². The molecule has 0 fully saturated rings. The molecule has 4 unspecified atom stereocenters. The summed E-state index contributed by atoms with van der Waals surface area (Å²) in [4.78, 5) is 59.2. The summed E-state index contributed by atoms with van der Waals surface area (Å²) in [5.41, 5.74) is 10.7. The van der Waals surface area contributed by atoms with E-state index in [2.05, 4.69) is 16.0 Å². The predicted molar refractivity (Wildman–Crippen MR) is 110 cm³/mol. The Balaban J connectivity index is 4.97. The quantitative estimate of drug-likeness (QED) is 0.212. The van der Waals surface area contributed by atoms with Gasteiger partial charge in [-0.3, -0.25) is 19.2 Å². The Hall–Kier alpha value is -2.69. The number of carboxylic acid groups (broad SMARTS) is 1. The van der Waals surface area contributed by atoms with E-state index in [0.29, 0.717) is 0 Å². The minimum Gasteiger partial charge on any atom is -0.480 e. The average molecular weight is 430 g/mol. The summed E-state index contributed by atoms with van der Waals surface area (Å²) in [5, 5.41) is 16.7. The summed E-state index contributed by atoms with van der Waals surface area (Å²) in [5.74, 6) is -3.91. The van der Waals surface area contributed by atoms with Crippen LogP contribution >= 0.6 is 0 Å². The molecule has 0 saturated carbocycles. The van der Waals surface area contributed by atoms with Crippen molar-refractivity contribution in [2.75, 3.05) is 0 Å². The van der Waals surface area contributed by atoms with Crippen LogP contribution in [0.3, 0.4) is 0 Å². The molecule has 0 aromatic carbocycles. The summed E-state index contributed by atoms with van der Waals surface area (Å²) >= 11 is 0. The maximum Gasteiger partial charge on any atom is 0.326 e. The lowest BCUT2D eigenvalue weighted by molar-refractivity contribution is -0.143. The van der Waals surface area contributed by atoms with Crippen molar-refractivity contribution in [3.05, 3.63) is 0 Å². The molecule has 0 aliphatic rings. The molecule has 4 atom stereocenters. The number of carbonyl (C=O) groups excluding carboxylic acids is 4. The normalized spacial score (nSPS) is 15.1. The smallest absolute Gasteiger partial charge is 0.326 e. The van der Waals surface area contributed by atoms with E-state index in [1.54, 1.807) is 13.8 Å². The molecule has 11 heteroatoms. The first kappa shape index (κ1) is 27.3. The van der Waals surface area contributed by atoms with Crippen LogP contribution in [0.15, 0.2) is 0 Å². The molecule has 0 aromatic rings. The summed E-state index contributed by atoms with van der Waals surface area (Å²) in [6.45, 7) is 8.49. The number of amides is 4. The fraction of sp³-hybridized carbons (Fsp3) is 0.737. The molecule has 172 valence electrons. The van der Waals surface area contributed by atoms with E-state index < -0.39 is 53.8 Å². The van der Waals surface area contributed by atoms with Gasteiger partial charge in [0.25, 0.3) is 0 Å². The lowest BCUT2D eigenvalue weighted by atomic mass is 10.00. The third kappa shape index (κ3) is 10.2. The zero-order chi connectivity index (χ0) is 23.6. The first-order valence-corrected chi connectivity index (χ1v) is 9.94. The van der Waals surface area contributed by atoms with Crippen molar-refractivity contribution >= 4 is 29.6 Å². The molecule has 0 aliphatic heterocycles. The summed E-state index contributed by atoms with van der Waals surface area (Å²) < 4.78 is 0. The van der Waals surface area contributed by atoms with Crippen LogP contribution < -0.4 is 27.4 Å². The molecular weight excluding hydrogens is 394 g/mol. The van der Waals surface area contributed by atoms with Gasteiger partial charge >= 0.3 is 5.97 Å². The monoisotopic (exact) mass is 429 g/mol. The highest BCUT2D eigenvalue weighted by molar-refractivity contribution is 5.94. The Kier molecular flexibility index (Phi) is 11.6. The maximum atomic E-state index is 12.6. The SMILES string of the molecule is CC(C)CC(NC(=O)C(NC(=O)C(C)NC(=O)C(N)CCC(N)=O)C(C)C)C(=O)O. The molecule has 0 rings (SSSR count). The largest absolute Gasteiger partial charge is 0.480 e. The zero-order valence-corrected chi connectivity index (χ0v) is 18.2. The molecule has 11 nitrogen and oxygen atoms in total. The second kappa shape index (κ2) is 12.8. The summed E-state index contributed by atoms with van der Waals surface area (Å²) in [6.07, 6.45) is 0.223. The van der Waals surface area contributed by atoms with Gasteiger partial charge in [0, 0.05) is 6.42 Å². The third-order valence-corrected chi connectivity index (χ3v) is 4.36. The Morgan fingerprint density at radius 3 is 1.87 bits per heavy atom. The van der Waals surface area contributed by atoms with Gasteiger partial charge in [-0.25, -0.2) is 4.79 Å². The van der Waals surface area contributed by atoms with Crippen LogP contribution in [0.2, 0.25) is 0 Å². The number of rotatable bonds is 13. The molecule has 30 heavy (non-hydrogen) atoms. The van der Waals surface area contributed by atoms with Gasteiger partial charge in [-0.1, -0.05) is 27.7 Å². The van der Waals surface area contributed by atoms with Crippen LogP contribution in [0.5, 0.6) is 0 Å². The fourth-order valence-corrected chi connectivity index (χ4v) is 2.58. The molecule has 0 heterocycles. The molecule has 0 saturated heterocycles. The van der Waals surface area contributed by atoms with E-state index >= 15 is 0 Å². The molecule has 4 amide bonds. The second-order valence-corrected chi connectivity index (χ2v) is 8.10. The van der Waals surface area contributed by atoms with Gasteiger partial charge in [0.1, 0.15) is 18.1 Å². The van der Waals surface area contributed by atoms with Crippen molar-refractivity contribution in [3.8, 4) is 0 Å². The third-order valence-electron chi connectivity index (χ3n) is 4.36. The maximum absolute atomic E-state index is 12.6. The first-order chi connectivity index (χ1) is 13.8. The molecule has 0 spiro atoms. The number of hydrogen-bond donors (Lipinski definition) is 6. The van der Waals surface area contributed by atoms with E-state index in [4.69, 9.17) is 11.5 Å². The lowest BCUT2D eigenvalue weighted by Crippen LogP contribution is -2.57. The highest BCUT2D eigenvalue weighted by Crippen LogP contribution is 2.08. The van der Waals surface area contributed by atoms with Gasteiger partial charge < -0.3 is 32.5 Å². The molecular formula is C19H35N5O6. The summed E-state index contributed by atoms with van der Waals surface area (Å²) in [6, 6.07) is -4.08. The van der Waals surface area contributed by atoms with Crippen LogP contribution in [0.25, 0.3) is 0 Å². The minimum absolute atomic E-state index is 0.0406. The Labute approximate surface area is 176 Å². The molecule has 0 radical (unpaired) electrons. The number of nitrogens with two attached hydrogens (primary N) is 2. The molecule has 0 aliphatic carbocycles. The lowest BCUT2D eigenvalue weighted by Gasteiger charge is -2.26. The highest BCUT2D eigenvalue weighted by Gasteiger charge is 2.30. The van der Waals surface area contributed by atoms with Gasteiger partial charge in [0.05, 0.1) is 6.04 Å². The van der Waals surface area contributed by atoms with Crippen LogP contribution in [0, 0.1) is 11.8 Å². The standard InChI is InChI=1S/C19H35N5O6/c1-9(2)8-13(19(29)30)23-18(28)15(10(3)4)24-16(26)11(5)22-17(27)12(20)6-7-14(21)25/h9-13,15H,6-8,20H2,1-5H3,(H2,21,25)(H,22,27)(H,23,28)(H,24,26)(H,29,30). The Morgan fingerprint density at radius 2 is 1.43 bits per heavy atom. The van der Waals surface area contributed by atoms with Gasteiger partial charge in [-0.05, 0) is 31.6 Å². The molecule has 0 bridgehead atoms. The van der Waals surface area contributed by atoms with Crippen LogP contribution in [0.4, 0.5) is 0 Å². The topological polar surface area (TPSA) is 194 Å². The molecule has 0 aromatic heterocycles. The van der Waals surface area contributed by atoms with Gasteiger partial charge in [-0.15, -0.1) is 0 Å². The number of hydrogen-bond acceptors (Lipinski definition) is 6. The highest BCUT2D eigenvalue weighted by atomic mass is 16.4. The van der Waals surface area contributed by atoms with Crippen molar-refractivity contribution in [1.82, 2.24) is 16.0 Å². The summed E-state index contributed by atoms with van der Waals surface area (Å²) in [7, 11) is 0. The van der Waals surface area contributed by atoms with Crippen LogP contribution in [-0.4, -0.2) is 58.9 Å². The number of carbonyl (C=O) groups is 5. The first-order valence-electron chi connectivity index (χ1n) is 9.94. The van der Waals surface area contributed by atoms with Gasteiger partial charge in [-0.2, -0.15) is 0 Å². The van der Waals surface area contributed by atoms with E-state index in [1.165, 1.54) is 6.92 Å². The Bertz CT molecular complexity index is 637. The number of primary amides is 1. The van der Waals surface area contributed by atoms with Crippen LogP contribution in [0.1, 0.15) is 53.9 Å². The van der Waals surface area contributed by atoms with E-state index in [0.717, 1.165) is 0 Å².